The molecular formula is C12H18N2O2S. The van der Waals surface area contributed by atoms with Gasteiger partial charge in [-0.1, -0.05) is 19.4 Å². The van der Waals surface area contributed by atoms with Crippen molar-refractivity contribution in [1.29, 1.82) is 0 Å². The molecule has 17 heavy (non-hydrogen) atoms. The van der Waals surface area contributed by atoms with Crippen molar-refractivity contribution in [3.05, 3.63) is 45.1 Å². The molecule has 4 nitrogen and oxygen atoms in total. The van der Waals surface area contributed by atoms with Crippen LogP contribution in [0.4, 0.5) is 0 Å². The number of thioether (sulfide) groups is 1. The van der Waals surface area contributed by atoms with Gasteiger partial charge in [-0.05, 0) is 24.0 Å². The number of nitrogens with one attached hydrogen (secondary N) is 1. The first-order valence-electron chi connectivity index (χ1n) is 5.76. The van der Waals surface area contributed by atoms with Crippen molar-refractivity contribution in [2.24, 2.45) is 0 Å². The molecule has 1 aromatic heterocycles. The lowest BCUT2D eigenvalue weighted by Gasteiger charge is -2.03. The molecule has 0 saturated carbocycles. The van der Waals surface area contributed by atoms with E-state index in [2.05, 4.69) is 11.6 Å². The molecule has 0 aliphatic heterocycles. The van der Waals surface area contributed by atoms with Crippen molar-refractivity contribution >= 4 is 11.8 Å². The predicted molar refractivity (Wildman–Crippen MR) is 72.4 cm³/mol. The topological polar surface area (TPSA) is 54.9 Å². The first-order valence-corrected chi connectivity index (χ1v) is 6.81. The van der Waals surface area contributed by atoms with E-state index in [0.29, 0.717) is 6.54 Å². The number of nitrogens with zero attached hydrogens (tertiary/aromatic N) is 1. The first kappa shape index (κ1) is 13.8. The van der Waals surface area contributed by atoms with Crippen LogP contribution in [-0.4, -0.2) is 15.3 Å². The highest BCUT2D eigenvalue weighted by Crippen LogP contribution is 2.07. The second-order valence-electron chi connectivity index (χ2n) is 3.72. The fourth-order valence-electron chi connectivity index (χ4n) is 1.56. The summed E-state index contributed by atoms with van der Waals surface area (Å²) in [6.45, 7) is 4.14. The van der Waals surface area contributed by atoms with Crippen molar-refractivity contribution in [2.75, 3.05) is 5.75 Å². The summed E-state index contributed by atoms with van der Waals surface area (Å²) in [5.74, 6) is 1.09. The largest absolute Gasteiger partial charge is 0.328 e. The van der Waals surface area contributed by atoms with Crippen molar-refractivity contribution < 1.29 is 0 Å². The molecule has 0 aliphatic rings. The lowest BCUT2D eigenvalue weighted by molar-refractivity contribution is 0.551. The zero-order valence-electron chi connectivity index (χ0n) is 9.85. The van der Waals surface area contributed by atoms with Gasteiger partial charge in [-0.25, -0.2) is 4.79 Å². The Labute approximate surface area is 105 Å². The van der Waals surface area contributed by atoms with Gasteiger partial charge in [0.2, 0.25) is 0 Å². The maximum atomic E-state index is 11.4. The Kier molecular flexibility index (Phi) is 6.47. The molecule has 0 atom stereocenters. The molecule has 0 unspecified atom stereocenters. The Bertz CT molecular complexity index is 422. The summed E-state index contributed by atoms with van der Waals surface area (Å²) in [6.07, 6.45) is 5.56. The molecule has 0 spiro atoms. The van der Waals surface area contributed by atoms with Crippen molar-refractivity contribution in [3.8, 4) is 0 Å². The smallest absolute Gasteiger partial charge is 0.314 e. The molecule has 0 bridgehead atoms. The third-order valence-corrected chi connectivity index (χ3v) is 3.22. The van der Waals surface area contributed by atoms with Crippen LogP contribution in [-0.2, 0) is 6.54 Å². The molecule has 1 N–H and O–H groups in total. The zero-order valence-corrected chi connectivity index (χ0v) is 10.7. The van der Waals surface area contributed by atoms with Gasteiger partial charge in [-0.3, -0.25) is 9.36 Å². The summed E-state index contributed by atoms with van der Waals surface area (Å²) < 4.78 is 1.25. The highest BCUT2D eigenvalue weighted by Gasteiger charge is 1.99. The summed E-state index contributed by atoms with van der Waals surface area (Å²) in [5.41, 5.74) is -0.546. The van der Waals surface area contributed by atoms with Gasteiger partial charge in [0.05, 0.1) is 0 Å². The van der Waals surface area contributed by atoms with Crippen LogP contribution in [0, 0.1) is 0 Å². The number of aromatic nitrogens is 2. The molecule has 1 aromatic rings. The van der Waals surface area contributed by atoms with Crippen LogP contribution >= 0.6 is 11.8 Å². The van der Waals surface area contributed by atoms with Crippen molar-refractivity contribution in [3.63, 3.8) is 0 Å². The monoisotopic (exact) mass is 254 g/mol. The van der Waals surface area contributed by atoms with E-state index in [1.165, 1.54) is 16.8 Å². The van der Waals surface area contributed by atoms with Crippen LogP contribution in [0.2, 0.25) is 0 Å². The molecule has 1 heterocycles. The van der Waals surface area contributed by atoms with Gasteiger partial charge in [0.25, 0.3) is 5.56 Å². The fraction of sp³-hybridized carbons (Fsp3) is 0.500. The third-order valence-electron chi connectivity index (χ3n) is 2.46. The molecule has 0 fully saturated rings. The van der Waals surface area contributed by atoms with Gasteiger partial charge in [0.1, 0.15) is 0 Å². The summed E-state index contributed by atoms with van der Waals surface area (Å²) in [4.78, 5) is 25.2. The standard InChI is InChI=1S/C12H18N2O2S/c1-2-17-10-6-4-3-5-9-14-11(15)7-8-13-12(14)16/h2,7-8H,1,3-6,9-10H2,(H,13,16). The third kappa shape index (κ3) is 5.08. The average molecular weight is 254 g/mol. The van der Waals surface area contributed by atoms with Crippen LogP contribution in [0.5, 0.6) is 0 Å². The first-order chi connectivity index (χ1) is 8.25. The minimum atomic E-state index is -0.320. The maximum absolute atomic E-state index is 11.4. The number of aromatic amines is 1. The van der Waals surface area contributed by atoms with Crippen LogP contribution in [0.15, 0.2) is 33.8 Å². The predicted octanol–water partition coefficient (Wildman–Crippen LogP) is 1.97. The quantitative estimate of drug-likeness (QED) is 0.722. The zero-order chi connectivity index (χ0) is 12.5. The molecule has 0 aliphatic carbocycles. The molecule has 5 heteroatoms. The van der Waals surface area contributed by atoms with E-state index in [9.17, 15) is 9.59 Å². The fourth-order valence-corrected chi connectivity index (χ4v) is 2.09. The van der Waals surface area contributed by atoms with Gasteiger partial charge in [-0.15, -0.1) is 11.8 Å². The Morgan fingerprint density at radius 1 is 1.29 bits per heavy atom. The number of unbranched alkanes of at least 4 members (excludes halogenated alkanes) is 3. The van der Waals surface area contributed by atoms with E-state index in [1.807, 2.05) is 5.41 Å². The van der Waals surface area contributed by atoms with E-state index in [-0.39, 0.29) is 11.2 Å². The molecular weight excluding hydrogens is 236 g/mol. The summed E-state index contributed by atoms with van der Waals surface area (Å²) in [5, 5.41) is 1.85. The van der Waals surface area contributed by atoms with E-state index >= 15 is 0 Å². The summed E-state index contributed by atoms with van der Waals surface area (Å²) in [7, 11) is 0. The Morgan fingerprint density at radius 2 is 2.06 bits per heavy atom. The van der Waals surface area contributed by atoms with E-state index in [1.54, 1.807) is 11.8 Å². The van der Waals surface area contributed by atoms with E-state index < -0.39 is 0 Å². The second kappa shape index (κ2) is 7.95. The lowest BCUT2D eigenvalue weighted by atomic mass is 10.2. The van der Waals surface area contributed by atoms with Gasteiger partial charge >= 0.3 is 5.69 Å². The van der Waals surface area contributed by atoms with Gasteiger partial charge in [0, 0.05) is 18.8 Å². The van der Waals surface area contributed by atoms with Crippen molar-refractivity contribution in [2.45, 2.75) is 32.2 Å². The molecule has 0 aromatic carbocycles. The minimum Gasteiger partial charge on any atom is -0.314 e. The minimum absolute atomic E-state index is 0.226. The Morgan fingerprint density at radius 3 is 2.76 bits per heavy atom. The highest BCUT2D eigenvalue weighted by atomic mass is 32.2. The second-order valence-corrected chi connectivity index (χ2v) is 4.80. The maximum Gasteiger partial charge on any atom is 0.328 e. The molecule has 1 rings (SSSR count). The van der Waals surface area contributed by atoms with Crippen LogP contribution < -0.4 is 11.2 Å². The van der Waals surface area contributed by atoms with Crippen LogP contribution in [0.3, 0.4) is 0 Å². The molecule has 94 valence electrons. The molecule has 0 radical (unpaired) electrons. The number of rotatable bonds is 8. The van der Waals surface area contributed by atoms with Crippen molar-refractivity contribution in [1.82, 2.24) is 9.55 Å². The number of hydrogen-bond acceptors (Lipinski definition) is 3. The Hall–Kier alpha value is -1.23. The molecule has 0 amide bonds. The highest BCUT2D eigenvalue weighted by molar-refractivity contribution is 8.02. The number of H-pyrrole nitrogens is 1. The molecule has 0 saturated heterocycles. The SMILES string of the molecule is C=CSCCCCCCn1c(=O)cc[nH]c1=O. The summed E-state index contributed by atoms with van der Waals surface area (Å²) >= 11 is 1.72. The van der Waals surface area contributed by atoms with E-state index in [4.69, 9.17) is 0 Å². The van der Waals surface area contributed by atoms with Crippen LogP contribution in [0.1, 0.15) is 25.7 Å². The average Bonchev–Trinajstić information content (AvgIpc) is 2.31. The Balaban J connectivity index is 2.25. The van der Waals surface area contributed by atoms with Gasteiger partial charge < -0.3 is 4.98 Å². The lowest BCUT2D eigenvalue weighted by Crippen LogP contribution is -2.33. The van der Waals surface area contributed by atoms with Gasteiger partial charge in [0.15, 0.2) is 0 Å². The van der Waals surface area contributed by atoms with Gasteiger partial charge in [-0.2, -0.15) is 0 Å². The normalized spacial score (nSPS) is 10.4. The number of hydrogen-bond donors (Lipinski definition) is 1. The summed E-state index contributed by atoms with van der Waals surface area (Å²) in [6, 6.07) is 1.38. The van der Waals surface area contributed by atoms with Crippen LogP contribution in [0.25, 0.3) is 0 Å². The van der Waals surface area contributed by atoms with E-state index in [0.717, 1.165) is 31.4 Å².